The Morgan fingerprint density at radius 3 is 2.94 bits per heavy atom. The summed E-state index contributed by atoms with van der Waals surface area (Å²) in [5.41, 5.74) is 1.65. The van der Waals surface area contributed by atoms with Crippen molar-refractivity contribution in [1.82, 2.24) is 4.90 Å². The van der Waals surface area contributed by atoms with E-state index in [4.69, 9.17) is 11.6 Å². The topological polar surface area (TPSA) is 37.4 Å². The molecule has 4 heteroatoms. The van der Waals surface area contributed by atoms with E-state index < -0.39 is 0 Å². The van der Waals surface area contributed by atoms with Gasteiger partial charge in [-0.15, -0.1) is 0 Å². The Morgan fingerprint density at radius 1 is 1.50 bits per heavy atom. The number of hydrogen-bond acceptors (Lipinski definition) is 2. The molecular weight excluding hydrogens is 226 g/mol. The molecule has 0 saturated carbocycles. The van der Waals surface area contributed by atoms with Crippen LogP contribution in [0.1, 0.15) is 29.3 Å². The zero-order chi connectivity index (χ0) is 11.7. The number of carbonyl (C=O) groups is 2. The van der Waals surface area contributed by atoms with Crippen molar-refractivity contribution in [3.05, 3.63) is 34.3 Å². The molecule has 0 fully saturated rings. The van der Waals surface area contributed by atoms with E-state index in [1.807, 2.05) is 6.07 Å². The predicted octanol–water partition coefficient (Wildman–Crippen LogP) is 2.27. The molecule has 0 radical (unpaired) electrons. The number of nitrogens with zero attached hydrogens (tertiary/aromatic N) is 1. The zero-order valence-corrected chi connectivity index (χ0v) is 9.75. The fourth-order valence-corrected chi connectivity index (χ4v) is 1.98. The predicted molar refractivity (Wildman–Crippen MR) is 61.5 cm³/mol. The summed E-state index contributed by atoms with van der Waals surface area (Å²) in [6.07, 6.45) is 0.410. The van der Waals surface area contributed by atoms with Crippen molar-refractivity contribution in [1.29, 1.82) is 0 Å². The smallest absolute Gasteiger partial charge is 0.254 e. The van der Waals surface area contributed by atoms with E-state index in [9.17, 15) is 9.59 Å². The molecule has 16 heavy (non-hydrogen) atoms. The summed E-state index contributed by atoms with van der Waals surface area (Å²) >= 11 is 5.84. The Labute approximate surface area is 99.0 Å². The Kier molecular flexibility index (Phi) is 2.97. The SMILES string of the molecule is CC(=O)CCN1Cc2ccc(Cl)cc2C1=O. The molecule has 0 N–H and O–H groups in total. The molecule has 84 valence electrons. The van der Waals surface area contributed by atoms with E-state index in [0.29, 0.717) is 30.1 Å². The molecule has 2 rings (SSSR count). The van der Waals surface area contributed by atoms with Crippen LogP contribution in [0.2, 0.25) is 5.02 Å². The molecule has 1 aromatic carbocycles. The number of rotatable bonds is 3. The monoisotopic (exact) mass is 237 g/mol. The van der Waals surface area contributed by atoms with Gasteiger partial charge < -0.3 is 4.90 Å². The summed E-state index contributed by atoms with van der Waals surface area (Å²) in [7, 11) is 0. The van der Waals surface area contributed by atoms with Crippen LogP contribution in [-0.2, 0) is 11.3 Å². The standard InChI is InChI=1S/C12H12ClNO2/c1-8(15)4-5-14-7-9-2-3-10(13)6-11(9)12(14)16/h2-3,6H,4-5,7H2,1H3. The quantitative estimate of drug-likeness (QED) is 0.809. The Balaban J connectivity index is 2.15. The first-order chi connectivity index (χ1) is 7.58. The van der Waals surface area contributed by atoms with E-state index in [1.165, 1.54) is 6.92 Å². The third-order valence-corrected chi connectivity index (χ3v) is 2.92. The van der Waals surface area contributed by atoms with Gasteiger partial charge in [-0.05, 0) is 24.6 Å². The number of amides is 1. The number of hydrogen-bond donors (Lipinski definition) is 0. The molecule has 1 amide bonds. The summed E-state index contributed by atoms with van der Waals surface area (Å²) in [5, 5.41) is 0.570. The van der Waals surface area contributed by atoms with Crippen molar-refractivity contribution < 1.29 is 9.59 Å². The second kappa shape index (κ2) is 4.26. The minimum Gasteiger partial charge on any atom is -0.334 e. The lowest BCUT2D eigenvalue weighted by Crippen LogP contribution is -2.26. The van der Waals surface area contributed by atoms with Crippen LogP contribution < -0.4 is 0 Å². The first-order valence-corrected chi connectivity index (χ1v) is 5.53. The van der Waals surface area contributed by atoms with E-state index >= 15 is 0 Å². The third kappa shape index (κ3) is 2.09. The van der Waals surface area contributed by atoms with Crippen LogP contribution in [0.4, 0.5) is 0 Å². The molecular formula is C12H12ClNO2. The van der Waals surface area contributed by atoms with Crippen LogP contribution in [0.25, 0.3) is 0 Å². The van der Waals surface area contributed by atoms with Gasteiger partial charge in [-0.25, -0.2) is 0 Å². The highest BCUT2D eigenvalue weighted by Crippen LogP contribution is 2.25. The lowest BCUT2D eigenvalue weighted by molar-refractivity contribution is -0.117. The van der Waals surface area contributed by atoms with Gasteiger partial charge in [-0.2, -0.15) is 0 Å². The molecule has 1 aliphatic heterocycles. The highest BCUT2D eigenvalue weighted by molar-refractivity contribution is 6.31. The number of carbonyl (C=O) groups excluding carboxylic acids is 2. The highest BCUT2D eigenvalue weighted by atomic mass is 35.5. The van der Waals surface area contributed by atoms with Crippen molar-refractivity contribution in [3.8, 4) is 0 Å². The van der Waals surface area contributed by atoms with Gasteiger partial charge in [0.15, 0.2) is 0 Å². The van der Waals surface area contributed by atoms with Gasteiger partial charge in [0.05, 0.1) is 0 Å². The van der Waals surface area contributed by atoms with Gasteiger partial charge in [0.25, 0.3) is 5.91 Å². The summed E-state index contributed by atoms with van der Waals surface area (Å²) in [4.78, 5) is 24.5. The van der Waals surface area contributed by atoms with Crippen molar-refractivity contribution >= 4 is 23.3 Å². The second-order valence-corrected chi connectivity index (χ2v) is 4.42. The van der Waals surface area contributed by atoms with Gasteiger partial charge >= 0.3 is 0 Å². The van der Waals surface area contributed by atoms with Crippen LogP contribution in [0, 0.1) is 0 Å². The molecule has 0 aliphatic carbocycles. The maximum atomic E-state index is 11.9. The average molecular weight is 238 g/mol. The normalized spacial score (nSPS) is 14.1. The fraction of sp³-hybridized carbons (Fsp3) is 0.333. The van der Waals surface area contributed by atoms with Crippen LogP contribution in [0.5, 0.6) is 0 Å². The maximum Gasteiger partial charge on any atom is 0.254 e. The molecule has 0 saturated heterocycles. The minimum atomic E-state index is -0.0289. The fourth-order valence-electron chi connectivity index (χ4n) is 1.81. The third-order valence-electron chi connectivity index (χ3n) is 2.68. The van der Waals surface area contributed by atoms with Crippen molar-refractivity contribution in [2.45, 2.75) is 19.9 Å². The van der Waals surface area contributed by atoms with E-state index in [-0.39, 0.29) is 11.7 Å². The molecule has 0 spiro atoms. The molecule has 3 nitrogen and oxygen atoms in total. The van der Waals surface area contributed by atoms with Gasteiger partial charge in [-0.1, -0.05) is 17.7 Å². The summed E-state index contributed by atoms with van der Waals surface area (Å²) < 4.78 is 0. The van der Waals surface area contributed by atoms with Crippen LogP contribution in [-0.4, -0.2) is 23.1 Å². The number of fused-ring (bicyclic) bond motifs is 1. The minimum absolute atomic E-state index is 0.0289. The first-order valence-electron chi connectivity index (χ1n) is 5.15. The van der Waals surface area contributed by atoms with Gasteiger partial charge in [-0.3, -0.25) is 9.59 Å². The average Bonchev–Trinajstić information content (AvgIpc) is 2.53. The Hall–Kier alpha value is -1.35. The molecule has 0 unspecified atom stereocenters. The maximum absolute atomic E-state index is 11.9. The van der Waals surface area contributed by atoms with Gasteiger partial charge in [0.1, 0.15) is 5.78 Å². The number of benzene rings is 1. The molecule has 0 atom stereocenters. The van der Waals surface area contributed by atoms with Crippen LogP contribution in [0.3, 0.4) is 0 Å². The van der Waals surface area contributed by atoms with Gasteiger partial charge in [0.2, 0.25) is 0 Å². The molecule has 1 heterocycles. The first kappa shape index (κ1) is 11.1. The molecule has 1 aromatic rings. The van der Waals surface area contributed by atoms with E-state index in [0.717, 1.165) is 5.56 Å². The number of Topliss-reactive ketones (excluding diaryl/α,β-unsaturated/α-hetero) is 1. The summed E-state index contributed by atoms with van der Waals surface area (Å²) in [6.45, 7) is 2.60. The second-order valence-electron chi connectivity index (χ2n) is 3.98. The van der Waals surface area contributed by atoms with E-state index in [1.54, 1.807) is 17.0 Å². The molecule has 1 aliphatic rings. The lowest BCUT2D eigenvalue weighted by atomic mass is 10.1. The Morgan fingerprint density at radius 2 is 2.25 bits per heavy atom. The Bertz CT molecular complexity index is 456. The highest BCUT2D eigenvalue weighted by Gasteiger charge is 2.26. The number of ketones is 1. The van der Waals surface area contributed by atoms with Crippen LogP contribution in [0.15, 0.2) is 18.2 Å². The molecule has 0 bridgehead atoms. The summed E-state index contributed by atoms with van der Waals surface area (Å²) in [6, 6.07) is 5.33. The van der Waals surface area contributed by atoms with Crippen molar-refractivity contribution in [2.75, 3.05) is 6.54 Å². The number of halogens is 1. The van der Waals surface area contributed by atoms with Crippen LogP contribution >= 0.6 is 11.6 Å². The van der Waals surface area contributed by atoms with E-state index in [2.05, 4.69) is 0 Å². The van der Waals surface area contributed by atoms with Crippen molar-refractivity contribution in [2.24, 2.45) is 0 Å². The zero-order valence-electron chi connectivity index (χ0n) is 9.00. The van der Waals surface area contributed by atoms with Gasteiger partial charge in [0, 0.05) is 30.1 Å². The lowest BCUT2D eigenvalue weighted by Gasteiger charge is -2.13. The molecule has 0 aromatic heterocycles. The summed E-state index contributed by atoms with van der Waals surface area (Å²) in [5.74, 6) is 0.0699. The van der Waals surface area contributed by atoms with Crippen molar-refractivity contribution in [3.63, 3.8) is 0 Å². The largest absolute Gasteiger partial charge is 0.334 e.